The molecule has 1 N–H and O–H groups in total. The summed E-state index contributed by atoms with van der Waals surface area (Å²) in [7, 11) is -0.417. The molecule has 13 nitrogen and oxygen atoms in total. The smallest absolute Gasteiger partial charge is 0.780 e. The van der Waals surface area contributed by atoms with E-state index in [-0.39, 0.29) is 97.5 Å². The fourth-order valence-corrected chi connectivity index (χ4v) is 6.25. The van der Waals surface area contributed by atoms with Gasteiger partial charge in [0.1, 0.15) is 25.8 Å². The van der Waals surface area contributed by atoms with Gasteiger partial charge in [-0.3, -0.25) is 9.59 Å². The molecule has 2 atom stereocenters. The number of fused-ring (bicyclic) bond motifs is 1. The topological polar surface area (TPSA) is 152 Å². The van der Waals surface area contributed by atoms with E-state index in [9.17, 15) is 37.5 Å². The molecular formula is C31H33F2N6Na2O7P. The van der Waals surface area contributed by atoms with Gasteiger partial charge in [0.05, 0.1) is 13.1 Å². The summed E-state index contributed by atoms with van der Waals surface area (Å²) < 4.78 is 44.1. The van der Waals surface area contributed by atoms with Crippen molar-refractivity contribution in [2.75, 3.05) is 39.1 Å². The van der Waals surface area contributed by atoms with Crippen molar-refractivity contribution >= 4 is 31.4 Å². The predicted octanol–water partition coefficient (Wildman–Crippen LogP) is -4.57. The minimum Gasteiger partial charge on any atom is -0.780 e. The van der Waals surface area contributed by atoms with E-state index in [2.05, 4.69) is 9.84 Å². The van der Waals surface area contributed by atoms with E-state index < -0.39 is 49.5 Å². The van der Waals surface area contributed by atoms with Crippen molar-refractivity contribution in [3.05, 3.63) is 95.1 Å². The summed E-state index contributed by atoms with van der Waals surface area (Å²) in [5, 5.41) is 5.70. The number of hydrogen-bond donors (Lipinski definition) is 1. The average molecular weight is 717 g/mol. The molecule has 0 spiro atoms. The fourth-order valence-electron chi connectivity index (χ4n) is 5.87. The van der Waals surface area contributed by atoms with Crippen LogP contribution in [0.1, 0.15) is 16.7 Å². The zero-order valence-corrected chi connectivity index (χ0v) is 32.7. The van der Waals surface area contributed by atoms with Crippen LogP contribution in [0.3, 0.4) is 0 Å². The Kier molecular flexibility index (Phi) is 14.3. The molecule has 0 bridgehead atoms. The summed E-state index contributed by atoms with van der Waals surface area (Å²) >= 11 is 0. The second-order valence-electron chi connectivity index (χ2n) is 11.5. The Morgan fingerprint density at radius 1 is 1.00 bits per heavy atom. The number of hydrazine groups is 1. The van der Waals surface area contributed by atoms with Gasteiger partial charge in [0.15, 0.2) is 11.6 Å². The van der Waals surface area contributed by atoms with E-state index in [4.69, 9.17) is 0 Å². The number of hydrogen-bond acceptors (Lipinski definition) is 9. The number of nitrogens with one attached hydrogen (secondary N) is 1. The second kappa shape index (κ2) is 17.1. The molecule has 3 aromatic carbocycles. The average Bonchev–Trinajstić information content (AvgIpc) is 3.00. The van der Waals surface area contributed by atoms with Gasteiger partial charge in [-0.2, -0.15) is 0 Å². The third-order valence-electron chi connectivity index (χ3n) is 7.97. The number of benzene rings is 3. The van der Waals surface area contributed by atoms with Crippen LogP contribution >= 0.6 is 7.82 Å². The quantitative estimate of drug-likeness (QED) is 0.171. The zero-order valence-electron chi connectivity index (χ0n) is 27.8. The Labute approximate surface area is 326 Å². The first-order valence-corrected chi connectivity index (χ1v) is 16.1. The van der Waals surface area contributed by atoms with Gasteiger partial charge in [0.25, 0.3) is 0 Å². The van der Waals surface area contributed by atoms with Crippen molar-refractivity contribution in [1.82, 2.24) is 25.1 Å². The molecule has 3 aromatic rings. The Morgan fingerprint density at radius 2 is 1.63 bits per heavy atom. The van der Waals surface area contributed by atoms with Crippen LogP contribution in [0.4, 0.5) is 19.3 Å². The van der Waals surface area contributed by atoms with Crippen molar-refractivity contribution in [2.45, 2.75) is 31.7 Å². The molecule has 0 radical (unpaired) electrons. The summed E-state index contributed by atoms with van der Waals surface area (Å²) in [6.45, 7) is -0.296. The third-order valence-corrected chi connectivity index (χ3v) is 8.40. The Hall–Kier alpha value is -2.56. The summed E-state index contributed by atoms with van der Waals surface area (Å²) in [6.07, 6.45) is -1.02. The maximum Gasteiger partial charge on any atom is 1.00 e. The molecule has 2 saturated heterocycles. The fraction of sp³-hybridized carbons (Fsp3) is 0.323. The summed E-state index contributed by atoms with van der Waals surface area (Å²) in [4.78, 5) is 67.8. The molecule has 0 aromatic heterocycles. The monoisotopic (exact) mass is 716 g/mol. The van der Waals surface area contributed by atoms with Crippen LogP contribution < -0.4 is 83.6 Å². The first-order valence-electron chi connectivity index (χ1n) is 14.6. The Bertz CT molecular complexity index is 1700. The number of halogens is 2. The standard InChI is InChI=1S/C31H35F2N6O7P.2Na/c1-35(2)26-15-25(33)24(32)14-22(26)17-37-18-28-38(27(30(37)41)13-20-9-11-23(12-10-20)46-47(43,44)45)29(40)19-36(3)39(28)31(42)34-16-21-7-5-4-6-8-21;;/h4-12,14-15,27-28H,13,16-19H2,1-3H3,(H,34,42)(H2,43,44,45);;/q;2*+1/p-2/t27-,28-;;/m0../s1. The van der Waals surface area contributed by atoms with Crippen LogP contribution in [0.15, 0.2) is 66.7 Å². The molecule has 49 heavy (non-hydrogen) atoms. The molecule has 2 fully saturated rings. The van der Waals surface area contributed by atoms with Crippen LogP contribution in [0.2, 0.25) is 0 Å². The van der Waals surface area contributed by atoms with Crippen LogP contribution in [0.25, 0.3) is 0 Å². The molecule has 2 aliphatic heterocycles. The molecule has 2 aliphatic rings. The number of carbonyl (C=O) groups excluding carboxylic acids is 3. The van der Waals surface area contributed by atoms with Gasteiger partial charge < -0.3 is 38.9 Å². The van der Waals surface area contributed by atoms with Gasteiger partial charge in [-0.1, -0.05) is 42.5 Å². The van der Waals surface area contributed by atoms with E-state index >= 15 is 0 Å². The second-order valence-corrected chi connectivity index (χ2v) is 12.6. The number of amides is 4. The number of urea groups is 1. The van der Waals surface area contributed by atoms with E-state index in [0.29, 0.717) is 16.8 Å². The van der Waals surface area contributed by atoms with Crippen LogP contribution in [0.5, 0.6) is 5.75 Å². The van der Waals surface area contributed by atoms with Crippen LogP contribution in [-0.4, -0.2) is 84.1 Å². The molecule has 18 heteroatoms. The maximum atomic E-state index is 14.5. The zero-order chi connectivity index (χ0) is 34.0. The number of anilines is 1. The van der Waals surface area contributed by atoms with Crippen molar-refractivity contribution in [1.29, 1.82) is 0 Å². The maximum absolute atomic E-state index is 14.5. The van der Waals surface area contributed by atoms with Crippen molar-refractivity contribution in [2.24, 2.45) is 0 Å². The van der Waals surface area contributed by atoms with Crippen LogP contribution in [0, 0.1) is 11.6 Å². The van der Waals surface area contributed by atoms with Crippen molar-refractivity contribution < 1.29 is 101 Å². The molecule has 4 amide bonds. The molecule has 2 heterocycles. The number of likely N-dealkylation sites (N-methyl/N-ethyl adjacent to an activating group) is 1. The van der Waals surface area contributed by atoms with Crippen molar-refractivity contribution in [3.63, 3.8) is 0 Å². The number of rotatable bonds is 9. The van der Waals surface area contributed by atoms with E-state index in [1.54, 1.807) is 26.0 Å². The van der Waals surface area contributed by atoms with Gasteiger partial charge in [0.2, 0.25) is 11.8 Å². The largest absolute Gasteiger partial charge is 1.00 e. The molecule has 0 unspecified atom stereocenters. The van der Waals surface area contributed by atoms with Gasteiger partial charge in [-0.15, -0.1) is 0 Å². The van der Waals surface area contributed by atoms with Gasteiger partial charge in [0, 0.05) is 52.4 Å². The number of carbonyl (C=O) groups is 3. The molecule has 250 valence electrons. The summed E-state index contributed by atoms with van der Waals surface area (Å²) in [5.74, 6) is -3.27. The van der Waals surface area contributed by atoms with Crippen molar-refractivity contribution in [3.8, 4) is 5.75 Å². The Balaban J connectivity index is 0.00000325. The van der Waals surface area contributed by atoms with Gasteiger partial charge in [-0.05, 0) is 34.9 Å². The summed E-state index contributed by atoms with van der Waals surface area (Å²) in [6, 6.07) is 15.0. The van der Waals surface area contributed by atoms with Gasteiger partial charge >= 0.3 is 65.1 Å². The van der Waals surface area contributed by atoms with E-state index in [1.807, 2.05) is 30.3 Å². The molecule has 0 aliphatic carbocycles. The number of nitrogens with zero attached hydrogens (tertiary/aromatic N) is 5. The molecular weight excluding hydrogens is 683 g/mol. The molecule has 0 saturated carbocycles. The van der Waals surface area contributed by atoms with E-state index in [0.717, 1.165) is 17.7 Å². The van der Waals surface area contributed by atoms with Gasteiger partial charge in [-0.25, -0.2) is 23.6 Å². The molecule has 5 rings (SSSR count). The Morgan fingerprint density at radius 3 is 2.24 bits per heavy atom. The minimum atomic E-state index is -5.30. The normalized spacial score (nSPS) is 17.9. The number of piperazine rings is 1. The van der Waals surface area contributed by atoms with E-state index in [1.165, 1.54) is 44.1 Å². The summed E-state index contributed by atoms with van der Waals surface area (Å²) in [5.41, 5.74) is 2.00. The first-order chi connectivity index (χ1) is 22.2. The number of phosphoric ester groups is 1. The first kappa shape index (κ1) is 40.9. The van der Waals surface area contributed by atoms with Crippen LogP contribution in [-0.2, 0) is 33.7 Å². The third kappa shape index (κ3) is 9.82. The SMILES string of the molecule is CN(C)c1cc(F)c(F)cc1CN1C[C@H]2N(C(=O)CN(C)N2C(=O)NCc2ccccc2)[C@@H](Cc2ccc(OP(=O)([O-])[O-])cc2)C1=O.[Na+].[Na+]. The number of phosphoric acid groups is 1. The predicted molar refractivity (Wildman–Crippen MR) is 162 cm³/mol. The minimum absolute atomic E-state index is 0.